The number of ketones is 1. The molecule has 0 spiro atoms. The van der Waals surface area contributed by atoms with Crippen LogP contribution in [0.4, 0.5) is 5.69 Å². The average molecular weight is 173 g/mol. The molecule has 2 rings (SSSR count). The number of rotatable bonds is 2. The maximum absolute atomic E-state index is 11.2. The third kappa shape index (κ3) is 1.78. The fourth-order valence-electron chi connectivity index (χ4n) is 1.39. The van der Waals surface area contributed by atoms with Crippen LogP contribution in [-0.2, 0) is 4.79 Å². The van der Waals surface area contributed by atoms with Gasteiger partial charge in [-0.1, -0.05) is 24.3 Å². The van der Waals surface area contributed by atoms with Gasteiger partial charge in [0, 0.05) is 12.1 Å². The van der Waals surface area contributed by atoms with Crippen LogP contribution in [0.25, 0.3) is 0 Å². The summed E-state index contributed by atoms with van der Waals surface area (Å²) in [6, 6.07) is 9.75. The smallest absolute Gasteiger partial charge is 0.178 e. The molecular formula is C11H11NO. The first-order valence-corrected chi connectivity index (χ1v) is 4.42. The van der Waals surface area contributed by atoms with E-state index >= 15 is 0 Å². The van der Waals surface area contributed by atoms with Crippen LogP contribution in [0.2, 0.25) is 0 Å². The van der Waals surface area contributed by atoms with E-state index < -0.39 is 0 Å². The Morgan fingerprint density at radius 1 is 1.15 bits per heavy atom. The highest BCUT2D eigenvalue weighted by atomic mass is 16.1. The minimum atomic E-state index is 0.212. The molecule has 1 aliphatic carbocycles. The van der Waals surface area contributed by atoms with E-state index in [1.54, 1.807) is 0 Å². The highest BCUT2D eigenvalue weighted by molar-refractivity contribution is 6.00. The Bertz CT molecular complexity index is 340. The molecule has 13 heavy (non-hydrogen) atoms. The molecule has 1 aliphatic rings. The fraction of sp³-hybridized carbons (Fsp3) is 0.182. The second-order valence-corrected chi connectivity index (χ2v) is 3.07. The molecule has 0 radical (unpaired) electrons. The number of allylic oxidation sites excluding steroid dienone is 2. The largest absolute Gasteiger partial charge is 0.353 e. The number of carbonyl (C=O) groups is 1. The zero-order valence-corrected chi connectivity index (χ0v) is 7.29. The minimum absolute atomic E-state index is 0.212. The third-order valence-corrected chi connectivity index (χ3v) is 2.07. The van der Waals surface area contributed by atoms with Crippen LogP contribution in [0.1, 0.15) is 12.8 Å². The molecule has 1 N–H and O–H groups in total. The van der Waals surface area contributed by atoms with Gasteiger partial charge in [-0.25, -0.2) is 0 Å². The van der Waals surface area contributed by atoms with E-state index in [1.165, 1.54) is 0 Å². The lowest BCUT2D eigenvalue weighted by Gasteiger charge is -2.04. The molecule has 0 amide bonds. The van der Waals surface area contributed by atoms with Gasteiger partial charge < -0.3 is 5.32 Å². The third-order valence-electron chi connectivity index (χ3n) is 2.07. The maximum atomic E-state index is 11.2. The van der Waals surface area contributed by atoms with Gasteiger partial charge in [0.15, 0.2) is 5.78 Å². The monoisotopic (exact) mass is 173 g/mol. The van der Waals surface area contributed by atoms with Gasteiger partial charge in [0.1, 0.15) is 0 Å². The Balaban J connectivity index is 2.11. The van der Waals surface area contributed by atoms with Crippen molar-refractivity contribution < 1.29 is 4.79 Å². The van der Waals surface area contributed by atoms with Crippen molar-refractivity contribution in [2.75, 3.05) is 5.32 Å². The number of anilines is 1. The summed E-state index contributed by atoms with van der Waals surface area (Å²) in [7, 11) is 0. The maximum Gasteiger partial charge on any atom is 0.178 e. The Hall–Kier alpha value is -1.57. The number of benzene rings is 1. The molecule has 0 bridgehead atoms. The van der Waals surface area contributed by atoms with E-state index in [4.69, 9.17) is 0 Å². The molecule has 1 aromatic rings. The van der Waals surface area contributed by atoms with E-state index in [0.29, 0.717) is 6.42 Å². The Morgan fingerprint density at radius 3 is 2.54 bits per heavy atom. The SMILES string of the molecule is O=C1CCC=C1Nc1ccccc1. The highest BCUT2D eigenvalue weighted by Crippen LogP contribution is 2.16. The quantitative estimate of drug-likeness (QED) is 0.743. The van der Waals surface area contributed by atoms with Crippen molar-refractivity contribution in [1.82, 2.24) is 0 Å². The minimum Gasteiger partial charge on any atom is -0.353 e. The van der Waals surface area contributed by atoms with Crippen LogP contribution in [-0.4, -0.2) is 5.78 Å². The van der Waals surface area contributed by atoms with E-state index in [0.717, 1.165) is 17.8 Å². The van der Waals surface area contributed by atoms with Crippen molar-refractivity contribution in [1.29, 1.82) is 0 Å². The number of para-hydroxylation sites is 1. The number of Topliss-reactive ketones (excluding diaryl/α,β-unsaturated/α-hetero) is 1. The molecular weight excluding hydrogens is 162 g/mol. The summed E-state index contributed by atoms with van der Waals surface area (Å²) < 4.78 is 0. The van der Waals surface area contributed by atoms with Crippen molar-refractivity contribution >= 4 is 11.5 Å². The predicted octanol–water partition coefficient (Wildman–Crippen LogP) is 2.35. The van der Waals surface area contributed by atoms with Crippen molar-refractivity contribution in [3.8, 4) is 0 Å². The predicted molar refractivity (Wildman–Crippen MR) is 52.4 cm³/mol. The first-order chi connectivity index (χ1) is 6.36. The van der Waals surface area contributed by atoms with Crippen molar-refractivity contribution in [3.63, 3.8) is 0 Å². The van der Waals surface area contributed by atoms with Crippen molar-refractivity contribution in [3.05, 3.63) is 42.1 Å². The van der Waals surface area contributed by atoms with E-state index in [1.807, 2.05) is 36.4 Å². The summed E-state index contributed by atoms with van der Waals surface area (Å²) in [5.41, 5.74) is 1.72. The molecule has 0 saturated heterocycles. The first kappa shape index (κ1) is 8.05. The van der Waals surface area contributed by atoms with E-state index in [2.05, 4.69) is 5.32 Å². The molecule has 0 fully saturated rings. The molecule has 0 atom stereocenters. The van der Waals surface area contributed by atoms with Gasteiger partial charge in [-0.05, 0) is 18.6 Å². The number of hydrogen-bond donors (Lipinski definition) is 1. The Labute approximate surface area is 77.3 Å². The van der Waals surface area contributed by atoms with Crippen LogP contribution in [0.15, 0.2) is 42.1 Å². The molecule has 0 aromatic heterocycles. The zero-order chi connectivity index (χ0) is 9.10. The van der Waals surface area contributed by atoms with Gasteiger partial charge in [0.05, 0.1) is 5.70 Å². The highest BCUT2D eigenvalue weighted by Gasteiger charge is 2.14. The van der Waals surface area contributed by atoms with E-state index in [9.17, 15) is 4.79 Å². The van der Waals surface area contributed by atoms with Gasteiger partial charge >= 0.3 is 0 Å². The lowest BCUT2D eigenvalue weighted by atomic mass is 10.3. The topological polar surface area (TPSA) is 29.1 Å². The molecule has 0 aliphatic heterocycles. The second-order valence-electron chi connectivity index (χ2n) is 3.07. The van der Waals surface area contributed by atoms with Gasteiger partial charge in [0.25, 0.3) is 0 Å². The van der Waals surface area contributed by atoms with Crippen LogP contribution in [0, 0.1) is 0 Å². The number of nitrogens with one attached hydrogen (secondary N) is 1. The van der Waals surface area contributed by atoms with Crippen LogP contribution >= 0.6 is 0 Å². The molecule has 2 heteroatoms. The van der Waals surface area contributed by atoms with Crippen molar-refractivity contribution in [2.24, 2.45) is 0 Å². The molecule has 0 saturated carbocycles. The average Bonchev–Trinajstić information content (AvgIpc) is 2.54. The van der Waals surface area contributed by atoms with Crippen LogP contribution in [0.3, 0.4) is 0 Å². The second kappa shape index (κ2) is 3.44. The molecule has 66 valence electrons. The van der Waals surface area contributed by atoms with E-state index in [-0.39, 0.29) is 5.78 Å². The standard InChI is InChI=1S/C11H11NO/c13-11-8-4-7-10(11)12-9-5-2-1-3-6-9/h1-3,5-7,12H,4,8H2. The number of carbonyl (C=O) groups excluding carboxylic acids is 1. The van der Waals surface area contributed by atoms with Crippen LogP contribution in [0.5, 0.6) is 0 Å². The summed E-state index contributed by atoms with van der Waals surface area (Å²) in [6.45, 7) is 0. The summed E-state index contributed by atoms with van der Waals surface area (Å²) >= 11 is 0. The van der Waals surface area contributed by atoms with Gasteiger partial charge in [-0.3, -0.25) is 4.79 Å². The summed E-state index contributed by atoms with van der Waals surface area (Å²) in [4.78, 5) is 11.2. The van der Waals surface area contributed by atoms with Crippen molar-refractivity contribution in [2.45, 2.75) is 12.8 Å². The zero-order valence-electron chi connectivity index (χ0n) is 7.29. The lowest BCUT2D eigenvalue weighted by molar-refractivity contribution is -0.114. The molecule has 2 nitrogen and oxygen atoms in total. The molecule has 0 heterocycles. The summed E-state index contributed by atoms with van der Waals surface area (Å²) in [5.74, 6) is 0.212. The fourth-order valence-corrected chi connectivity index (χ4v) is 1.39. The van der Waals surface area contributed by atoms with Crippen LogP contribution < -0.4 is 5.32 Å². The lowest BCUT2D eigenvalue weighted by Crippen LogP contribution is -2.05. The molecule has 0 unspecified atom stereocenters. The number of hydrogen-bond acceptors (Lipinski definition) is 2. The van der Waals surface area contributed by atoms with Gasteiger partial charge in [0.2, 0.25) is 0 Å². The van der Waals surface area contributed by atoms with Gasteiger partial charge in [-0.15, -0.1) is 0 Å². The summed E-state index contributed by atoms with van der Waals surface area (Å²) in [6.07, 6.45) is 3.47. The Morgan fingerprint density at radius 2 is 1.92 bits per heavy atom. The van der Waals surface area contributed by atoms with Gasteiger partial charge in [-0.2, -0.15) is 0 Å². The summed E-state index contributed by atoms with van der Waals surface area (Å²) in [5, 5.41) is 3.10. The molecule has 1 aromatic carbocycles. The normalized spacial score (nSPS) is 15.7. The Kier molecular flexibility index (Phi) is 2.13. The first-order valence-electron chi connectivity index (χ1n) is 4.42.